The van der Waals surface area contributed by atoms with E-state index < -0.39 is 5.97 Å². The van der Waals surface area contributed by atoms with Gasteiger partial charge in [0.25, 0.3) is 5.91 Å². The van der Waals surface area contributed by atoms with Gasteiger partial charge < -0.3 is 10.8 Å². The fourth-order valence-corrected chi connectivity index (χ4v) is 3.07. The summed E-state index contributed by atoms with van der Waals surface area (Å²) >= 11 is 6.35. The Morgan fingerprint density at radius 1 is 1.57 bits per heavy atom. The molecule has 1 amide bonds. The number of hydrogen-bond acceptors (Lipinski definition) is 6. The molecule has 1 aromatic heterocycles. The highest BCUT2D eigenvalue weighted by Gasteiger charge is 2.31. The Balaban J connectivity index is 2.11. The number of rotatable bonds is 5. The summed E-state index contributed by atoms with van der Waals surface area (Å²) in [4.78, 5) is 28.5. The highest BCUT2D eigenvalue weighted by molar-refractivity contribution is 8.26. The van der Waals surface area contributed by atoms with Gasteiger partial charge in [-0.1, -0.05) is 24.0 Å². The van der Waals surface area contributed by atoms with Crippen molar-refractivity contribution in [2.75, 3.05) is 12.3 Å². The second-order valence-corrected chi connectivity index (χ2v) is 6.01. The summed E-state index contributed by atoms with van der Waals surface area (Å²) < 4.78 is 0.435. The summed E-state index contributed by atoms with van der Waals surface area (Å²) in [6.07, 6.45) is 5.16. The number of pyridine rings is 1. The van der Waals surface area contributed by atoms with Crippen LogP contribution in [-0.2, 0) is 9.59 Å². The van der Waals surface area contributed by atoms with Crippen molar-refractivity contribution >= 4 is 51.9 Å². The molecule has 0 bridgehead atoms. The van der Waals surface area contributed by atoms with Gasteiger partial charge in [0.1, 0.15) is 4.32 Å². The molecule has 0 saturated carbocycles. The van der Waals surface area contributed by atoms with Crippen LogP contribution in [0.3, 0.4) is 0 Å². The van der Waals surface area contributed by atoms with Gasteiger partial charge in [0.2, 0.25) is 0 Å². The second kappa shape index (κ2) is 6.68. The number of carboxylic acid groups (broad SMARTS) is 1. The molecule has 3 N–H and O–H groups in total. The number of aliphatic carboxylic acids is 1. The first-order valence-corrected chi connectivity index (χ1v) is 7.38. The van der Waals surface area contributed by atoms with E-state index in [-0.39, 0.29) is 12.3 Å². The molecule has 1 aliphatic heterocycles. The van der Waals surface area contributed by atoms with Crippen LogP contribution in [-0.4, -0.2) is 37.7 Å². The quantitative estimate of drug-likeness (QED) is 0.629. The molecule has 1 aromatic rings. The molecule has 0 atom stereocenters. The Kier molecular flexibility index (Phi) is 4.92. The van der Waals surface area contributed by atoms with Gasteiger partial charge in [-0.3, -0.25) is 19.5 Å². The van der Waals surface area contributed by atoms with Gasteiger partial charge in [-0.05, 0) is 18.6 Å². The van der Waals surface area contributed by atoms with E-state index in [0.29, 0.717) is 33.4 Å². The first-order chi connectivity index (χ1) is 9.99. The highest BCUT2D eigenvalue weighted by atomic mass is 32.2. The Labute approximate surface area is 131 Å². The van der Waals surface area contributed by atoms with Crippen LogP contribution in [0.25, 0.3) is 6.08 Å². The lowest BCUT2D eigenvalue weighted by Crippen LogP contribution is -2.29. The Morgan fingerprint density at radius 3 is 3.00 bits per heavy atom. The van der Waals surface area contributed by atoms with E-state index in [1.807, 2.05) is 0 Å². The molecule has 21 heavy (non-hydrogen) atoms. The van der Waals surface area contributed by atoms with Crippen molar-refractivity contribution in [3.05, 3.63) is 28.9 Å². The smallest absolute Gasteiger partial charge is 0.303 e. The summed E-state index contributed by atoms with van der Waals surface area (Å²) in [5.41, 5.74) is 6.97. The fraction of sp³-hybridized carbons (Fsp3) is 0.231. The van der Waals surface area contributed by atoms with Crippen molar-refractivity contribution in [2.24, 2.45) is 0 Å². The Morgan fingerprint density at radius 2 is 2.33 bits per heavy atom. The predicted octanol–water partition coefficient (Wildman–Crippen LogP) is 1.73. The molecule has 1 saturated heterocycles. The number of nitrogens with zero attached hydrogens (tertiary/aromatic N) is 2. The third-order valence-corrected chi connectivity index (χ3v) is 4.20. The lowest BCUT2D eigenvalue weighted by molar-refractivity contribution is -0.137. The molecule has 0 radical (unpaired) electrons. The highest BCUT2D eigenvalue weighted by Crippen LogP contribution is 2.33. The molecule has 2 rings (SSSR count). The minimum atomic E-state index is -0.888. The van der Waals surface area contributed by atoms with E-state index in [0.717, 1.165) is 0 Å². The Bertz CT molecular complexity index is 631. The predicted molar refractivity (Wildman–Crippen MR) is 85.4 cm³/mol. The van der Waals surface area contributed by atoms with Gasteiger partial charge in [-0.15, -0.1) is 0 Å². The molecular formula is C13H13N3O3S2. The monoisotopic (exact) mass is 323 g/mol. The number of hydrogen-bond donors (Lipinski definition) is 2. The average Bonchev–Trinajstić information content (AvgIpc) is 2.68. The van der Waals surface area contributed by atoms with Gasteiger partial charge in [-0.25, -0.2) is 0 Å². The maximum absolute atomic E-state index is 12.3. The zero-order chi connectivity index (χ0) is 15.4. The molecule has 1 fully saturated rings. The minimum absolute atomic E-state index is 0.00735. The van der Waals surface area contributed by atoms with Gasteiger partial charge in [0.15, 0.2) is 0 Å². The molecule has 110 valence electrons. The first-order valence-electron chi connectivity index (χ1n) is 6.15. The third-order valence-electron chi connectivity index (χ3n) is 2.82. The topological polar surface area (TPSA) is 96.5 Å². The number of thioether (sulfide) groups is 1. The van der Waals surface area contributed by atoms with Crippen LogP contribution in [0.15, 0.2) is 23.4 Å². The lowest BCUT2D eigenvalue weighted by Gasteiger charge is -2.13. The number of anilines is 1. The standard InChI is InChI=1S/C13H13N3O3S2/c14-9-7-15-4-3-8(9)6-10-12(19)16(13(20)21-10)5-1-2-11(17)18/h3-4,6-7H,1-2,5,14H2,(H,17,18). The number of nitrogen functional groups attached to an aromatic ring is 1. The molecule has 0 unspecified atom stereocenters. The maximum atomic E-state index is 12.3. The lowest BCUT2D eigenvalue weighted by atomic mass is 10.2. The molecule has 8 heteroatoms. The van der Waals surface area contributed by atoms with Gasteiger partial charge >= 0.3 is 5.97 Å². The maximum Gasteiger partial charge on any atom is 0.303 e. The van der Waals surface area contributed by atoms with E-state index in [1.54, 1.807) is 18.3 Å². The first kappa shape index (κ1) is 15.5. The van der Waals surface area contributed by atoms with E-state index in [4.69, 9.17) is 23.1 Å². The molecule has 2 heterocycles. The second-order valence-electron chi connectivity index (χ2n) is 4.34. The van der Waals surface area contributed by atoms with Crippen molar-refractivity contribution in [3.8, 4) is 0 Å². The van der Waals surface area contributed by atoms with Crippen molar-refractivity contribution in [1.82, 2.24) is 9.88 Å². The number of carbonyl (C=O) groups is 2. The van der Waals surface area contributed by atoms with Crippen LogP contribution < -0.4 is 5.73 Å². The van der Waals surface area contributed by atoms with E-state index in [2.05, 4.69) is 4.98 Å². The summed E-state index contributed by atoms with van der Waals surface area (Å²) in [7, 11) is 0. The van der Waals surface area contributed by atoms with Crippen LogP contribution in [0.1, 0.15) is 18.4 Å². The van der Waals surface area contributed by atoms with Crippen molar-refractivity contribution in [1.29, 1.82) is 0 Å². The normalized spacial score (nSPS) is 16.8. The fourth-order valence-electron chi connectivity index (χ4n) is 1.77. The van der Waals surface area contributed by atoms with Crippen LogP contribution in [0.5, 0.6) is 0 Å². The SMILES string of the molecule is Nc1cnccc1C=C1SC(=S)N(CCCC(=O)O)C1=O. The number of nitrogens with two attached hydrogens (primary N) is 1. The Hall–Kier alpha value is -1.93. The summed E-state index contributed by atoms with van der Waals surface area (Å²) in [6.45, 7) is 0.306. The van der Waals surface area contributed by atoms with E-state index in [9.17, 15) is 9.59 Å². The van der Waals surface area contributed by atoms with Gasteiger partial charge in [-0.2, -0.15) is 0 Å². The molecular weight excluding hydrogens is 310 g/mol. The number of carboxylic acids is 1. The van der Waals surface area contributed by atoms with Crippen LogP contribution >= 0.6 is 24.0 Å². The van der Waals surface area contributed by atoms with Crippen LogP contribution in [0, 0.1) is 0 Å². The van der Waals surface area contributed by atoms with Crippen LogP contribution in [0.2, 0.25) is 0 Å². The van der Waals surface area contributed by atoms with Gasteiger partial charge in [0.05, 0.1) is 16.8 Å². The van der Waals surface area contributed by atoms with Gasteiger partial charge in [0, 0.05) is 24.7 Å². The number of thiocarbonyl (C=S) groups is 1. The molecule has 0 spiro atoms. The number of aromatic nitrogens is 1. The molecule has 1 aliphatic rings. The summed E-state index contributed by atoms with van der Waals surface area (Å²) in [6, 6.07) is 1.71. The zero-order valence-corrected chi connectivity index (χ0v) is 12.6. The molecule has 0 aliphatic carbocycles. The van der Waals surface area contributed by atoms with Crippen molar-refractivity contribution in [2.45, 2.75) is 12.8 Å². The third kappa shape index (κ3) is 3.79. The summed E-state index contributed by atoms with van der Waals surface area (Å²) in [5, 5.41) is 8.62. The van der Waals surface area contributed by atoms with Crippen LogP contribution in [0.4, 0.5) is 5.69 Å². The van der Waals surface area contributed by atoms with E-state index in [1.165, 1.54) is 22.9 Å². The van der Waals surface area contributed by atoms with Crippen molar-refractivity contribution in [3.63, 3.8) is 0 Å². The molecule has 6 nitrogen and oxygen atoms in total. The number of carbonyl (C=O) groups excluding carboxylic acids is 1. The zero-order valence-electron chi connectivity index (χ0n) is 11.0. The van der Waals surface area contributed by atoms with Crippen molar-refractivity contribution < 1.29 is 14.7 Å². The summed E-state index contributed by atoms with van der Waals surface area (Å²) in [5.74, 6) is -1.10. The van der Waals surface area contributed by atoms with E-state index >= 15 is 0 Å². The number of amides is 1. The largest absolute Gasteiger partial charge is 0.481 e. The minimum Gasteiger partial charge on any atom is -0.481 e. The molecule has 0 aromatic carbocycles. The average molecular weight is 323 g/mol.